The van der Waals surface area contributed by atoms with Gasteiger partial charge in [0.1, 0.15) is 11.6 Å². The van der Waals surface area contributed by atoms with Gasteiger partial charge in [0, 0.05) is 5.56 Å². The molecular formula is C14H14O3. The highest BCUT2D eigenvalue weighted by Gasteiger charge is 2.13. The highest BCUT2D eigenvalue weighted by Crippen LogP contribution is 2.08. The largest absolute Gasteiger partial charge is 0.300 e. The van der Waals surface area contributed by atoms with Crippen LogP contribution in [0.1, 0.15) is 35.7 Å². The van der Waals surface area contributed by atoms with Crippen molar-refractivity contribution in [1.82, 2.24) is 0 Å². The first kappa shape index (κ1) is 13.0. The summed E-state index contributed by atoms with van der Waals surface area (Å²) in [6, 6.07) is 6.83. The maximum absolute atomic E-state index is 11.7. The number of hydrogen-bond donors (Lipinski definition) is 0. The van der Waals surface area contributed by atoms with Gasteiger partial charge in [-0.25, -0.2) is 0 Å². The molecule has 0 N–H and O–H groups in total. The summed E-state index contributed by atoms with van der Waals surface area (Å²) in [6.07, 6.45) is 1.29. The molecule has 0 spiro atoms. The van der Waals surface area contributed by atoms with Crippen LogP contribution in [0.4, 0.5) is 0 Å². The van der Waals surface area contributed by atoms with Crippen molar-refractivity contribution < 1.29 is 14.4 Å². The third-order valence-electron chi connectivity index (χ3n) is 2.27. The Morgan fingerprint density at radius 1 is 1.12 bits per heavy atom. The summed E-state index contributed by atoms with van der Waals surface area (Å²) < 4.78 is 0. The normalized spacial score (nSPS) is 9.71. The predicted molar refractivity (Wildman–Crippen MR) is 65.8 cm³/mol. The van der Waals surface area contributed by atoms with Gasteiger partial charge in [0.25, 0.3) is 0 Å². The van der Waals surface area contributed by atoms with Gasteiger partial charge < -0.3 is 0 Å². The summed E-state index contributed by atoms with van der Waals surface area (Å²) in [7, 11) is 0. The average Bonchev–Trinajstić information content (AvgIpc) is 2.28. The van der Waals surface area contributed by atoms with E-state index in [2.05, 4.69) is 6.58 Å². The van der Waals surface area contributed by atoms with Crippen LogP contribution in [0, 0.1) is 0 Å². The zero-order valence-electron chi connectivity index (χ0n) is 9.73. The molecular weight excluding hydrogens is 216 g/mol. The van der Waals surface area contributed by atoms with Crippen LogP contribution in [0.25, 0.3) is 6.08 Å². The molecule has 1 aromatic rings. The molecule has 88 valence electrons. The van der Waals surface area contributed by atoms with Crippen molar-refractivity contribution in [3.05, 3.63) is 42.0 Å². The van der Waals surface area contributed by atoms with Crippen molar-refractivity contribution in [3.8, 4) is 0 Å². The van der Waals surface area contributed by atoms with E-state index in [1.54, 1.807) is 30.3 Å². The maximum Gasteiger partial charge on any atom is 0.170 e. The minimum absolute atomic E-state index is 0.170. The Morgan fingerprint density at radius 2 is 1.71 bits per heavy atom. The topological polar surface area (TPSA) is 51.2 Å². The lowest BCUT2D eigenvalue weighted by Gasteiger charge is -2.00. The minimum atomic E-state index is -0.338. The van der Waals surface area contributed by atoms with Crippen LogP contribution in [0.5, 0.6) is 0 Å². The van der Waals surface area contributed by atoms with Gasteiger partial charge in [-0.15, -0.1) is 0 Å². The molecule has 0 saturated carbocycles. The number of rotatable bonds is 6. The van der Waals surface area contributed by atoms with Crippen molar-refractivity contribution in [2.75, 3.05) is 0 Å². The summed E-state index contributed by atoms with van der Waals surface area (Å²) in [4.78, 5) is 33.7. The predicted octanol–water partition coefficient (Wildman–Crippen LogP) is 2.45. The molecule has 17 heavy (non-hydrogen) atoms. The maximum atomic E-state index is 11.7. The average molecular weight is 230 g/mol. The zero-order chi connectivity index (χ0) is 12.8. The molecule has 0 radical (unpaired) electrons. The van der Waals surface area contributed by atoms with E-state index in [1.165, 1.54) is 6.92 Å². The SMILES string of the molecule is C=Cc1ccc(C(=O)CC(=O)CC(C)=O)cc1. The zero-order valence-corrected chi connectivity index (χ0v) is 9.73. The fourth-order valence-corrected chi connectivity index (χ4v) is 1.43. The lowest BCUT2D eigenvalue weighted by Crippen LogP contribution is -2.11. The first-order chi connectivity index (χ1) is 8.02. The fourth-order valence-electron chi connectivity index (χ4n) is 1.43. The Hall–Kier alpha value is -2.03. The number of benzene rings is 1. The molecule has 0 heterocycles. The number of carbonyl (C=O) groups is 3. The van der Waals surface area contributed by atoms with E-state index in [1.807, 2.05) is 0 Å². The van der Waals surface area contributed by atoms with Gasteiger partial charge in [-0.05, 0) is 12.5 Å². The summed E-state index contributed by atoms with van der Waals surface area (Å²) in [5, 5.41) is 0. The summed E-state index contributed by atoms with van der Waals surface area (Å²) in [5.41, 5.74) is 1.39. The number of ketones is 3. The Kier molecular flexibility index (Phi) is 4.52. The second kappa shape index (κ2) is 5.89. The number of Topliss-reactive ketones (excluding diaryl/α,β-unsaturated/α-hetero) is 3. The molecule has 0 aliphatic carbocycles. The molecule has 0 atom stereocenters. The highest BCUT2D eigenvalue weighted by atomic mass is 16.2. The van der Waals surface area contributed by atoms with Crippen LogP contribution in [0.3, 0.4) is 0 Å². The van der Waals surface area contributed by atoms with Crippen molar-refractivity contribution in [3.63, 3.8) is 0 Å². The van der Waals surface area contributed by atoms with E-state index < -0.39 is 0 Å². The Bertz CT molecular complexity index is 455. The van der Waals surface area contributed by atoms with Crippen LogP contribution >= 0.6 is 0 Å². The van der Waals surface area contributed by atoms with Crippen LogP contribution in [-0.4, -0.2) is 17.3 Å². The molecule has 0 aliphatic rings. The number of carbonyl (C=O) groups excluding carboxylic acids is 3. The van der Waals surface area contributed by atoms with Gasteiger partial charge in [-0.3, -0.25) is 14.4 Å². The molecule has 1 rings (SSSR count). The van der Waals surface area contributed by atoms with E-state index in [-0.39, 0.29) is 30.2 Å². The summed E-state index contributed by atoms with van der Waals surface area (Å²) >= 11 is 0. The molecule has 0 fully saturated rings. The van der Waals surface area contributed by atoms with E-state index in [0.29, 0.717) is 5.56 Å². The van der Waals surface area contributed by atoms with Gasteiger partial charge >= 0.3 is 0 Å². The molecule has 3 heteroatoms. The van der Waals surface area contributed by atoms with Crippen molar-refractivity contribution in [1.29, 1.82) is 0 Å². The monoisotopic (exact) mass is 230 g/mol. The van der Waals surface area contributed by atoms with E-state index in [9.17, 15) is 14.4 Å². The van der Waals surface area contributed by atoms with Crippen LogP contribution in [-0.2, 0) is 9.59 Å². The first-order valence-electron chi connectivity index (χ1n) is 5.29. The lowest BCUT2D eigenvalue weighted by atomic mass is 10.0. The fraction of sp³-hybridized carbons (Fsp3) is 0.214. The molecule has 0 amide bonds. The molecule has 0 unspecified atom stereocenters. The van der Waals surface area contributed by atoms with Gasteiger partial charge in [0.2, 0.25) is 0 Å². The Morgan fingerprint density at radius 3 is 2.18 bits per heavy atom. The van der Waals surface area contributed by atoms with Crippen LogP contribution in [0.15, 0.2) is 30.8 Å². The van der Waals surface area contributed by atoms with E-state index in [4.69, 9.17) is 0 Å². The molecule has 3 nitrogen and oxygen atoms in total. The first-order valence-corrected chi connectivity index (χ1v) is 5.29. The second-order valence-electron chi connectivity index (χ2n) is 3.84. The molecule has 0 bridgehead atoms. The van der Waals surface area contributed by atoms with E-state index in [0.717, 1.165) is 5.56 Å². The minimum Gasteiger partial charge on any atom is -0.300 e. The van der Waals surface area contributed by atoms with Crippen molar-refractivity contribution >= 4 is 23.4 Å². The van der Waals surface area contributed by atoms with Gasteiger partial charge in [-0.1, -0.05) is 36.9 Å². The third-order valence-corrected chi connectivity index (χ3v) is 2.27. The third kappa shape index (κ3) is 4.15. The van der Waals surface area contributed by atoms with Crippen molar-refractivity contribution in [2.45, 2.75) is 19.8 Å². The smallest absolute Gasteiger partial charge is 0.170 e. The second-order valence-corrected chi connectivity index (χ2v) is 3.84. The van der Waals surface area contributed by atoms with Gasteiger partial charge in [0.15, 0.2) is 5.78 Å². The summed E-state index contributed by atoms with van der Waals surface area (Å²) in [5.74, 6) is -0.813. The standard InChI is InChI=1S/C14H14O3/c1-3-11-4-6-12(7-5-11)14(17)9-13(16)8-10(2)15/h3-7H,1,8-9H2,2H3. The summed E-state index contributed by atoms with van der Waals surface area (Å²) in [6.45, 7) is 4.94. The molecule has 0 aromatic heterocycles. The van der Waals surface area contributed by atoms with Gasteiger partial charge in [0.05, 0.1) is 12.8 Å². The van der Waals surface area contributed by atoms with Crippen LogP contribution in [0.2, 0.25) is 0 Å². The van der Waals surface area contributed by atoms with E-state index >= 15 is 0 Å². The molecule has 1 aromatic carbocycles. The van der Waals surface area contributed by atoms with Gasteiger partial charge in [-0.2, -0.15) is 0 Å². The Labute approximate surface area is 100 Å². The quantitative estimate of drug-likeness (QED) is 0.557. The molecule has 0 saturated heterocycles. The van der Waals surface area contributed by atoms with Crippen LogP contribution < -0.4 is 0 Å². The lowest BCUT2D eigenvalue weighted by molar-refractivity contribution is -0.125. The highest BCUT2D eigenvalue weighted by molar-refractivity contribution is 6.12. The van der Waals surface area contributed by atoms with Crippen molar-refractivity contribution in [2.24, 2.45) is 0 Å². The molecule has 0 aliphatic heterocycles. The number of hydrogen-bond acceptors (Lipinski definition) is 3. The Balaban J connectivity index is 2.66.